The van der Waals surface area contributed by atoms with Crippen molar-refractivity contribution in [3.63, 3.8) is 0 Å². The second-order valence-electron chi connectivity index (χ2n) is 5.82. The molecule has 0 fully saturated rings. The number of hydrogen-bond donors (Lipinski definition) is 1. The molecule has 0 unspecified atom stereocenters. The first-order valence-electron chi connectivity index (χ1n) is 9.03. The molecule has 0 aliphatic carbocycles. The predicted octanol–water partition coefficient (Wildman–Crippen LogP) is 1.43. The molecule has 0 heterocycles. The van der Waals surface area contributed by atoms with E-state index in [2.05, 4.69) is 9.46 Å². The summed E-state index contributed by atoms with van der Waals surface area (Å²) >= 11 is 0. The number of methoxy groups -OCH3 is 3. The molecule has 1 amide bonds. The van der Waals surface area contributed by atoms with E-state index in [0.29, 0.717) is 18.7 Å². The largest absolute Gasteiger partial charge is 0.493 e. The standard InChI is InChI=1S/C19H28N2O7S/c1-6-21(7-2)17(22)10-11-20-29(24,25)16-13-14(8-9-18(23)27-4)12-15(26-3)19(16)28-5/h8-9,12-13,20H,6-7,10-11H2,1-5H3/b9-8+. The summed E-state index contributed by atoms with van der Waals surface area (Å²) < 4.78 is 43.0. The molecule has 1 rings (SSSR count). The van der Waals surface area contributed by atoms with E-state index in [1.807, 2.05) is 13.8 Å². The number of hydrogen-bond acceptors (Lipinski definition) is 7. The SMILES string of the molecule is CCN(CC)C(=O)CCNS(=O)(=O)c1cc(/C=C/C(=O)OC)cc(OC)c1OC. The van der Waals surface area contributed by atoms with Gasteiger partial charge < -0.3 is 19.1 Å². The summed E-state index contributed by atoms with van der Waals surface area (Å²) in [4.78, 5) is 24.9. The van der Waals surface area contributed by atoms with Gasteiger partial charge in [-0.3, -0.25) is 4.79 Å². The van der Waals surface area contributed by atoms with Crippen molar-refractivity contribution in [2.45, 2.75) is 25.2 Å². The maximum absolute atomic E-state index is 12.8. The molecule has 9 nitrogen and oxygen atoms in total. The molecule has 0 atom stereocenters. The lowest BCUT2D eigenvalue weighted by atomic mass is 10.2. The Morgan fingerprint density at radius 3 is 2.28 bits per heavy atom. The minimum Gasteiger partial charge on any atom is -0.493 e. The molecule has 1 aromatic rings. The van der Waals surface area contributed by atoms with Gasteiger partial charge in [0.2, 0.25) is 15.9 Å². The van der Waals surface area contributed by atoms with Crippen molar-refractivity contribution in [1.82, 2.24) is 9.62 Å². The topological polar surface area (TPSA) is 111 Å². The van der Waals surface area contributed by atoms with Gasteiger partial charge in [0, 0.05) is 32.1 Å². The van der Waals surface area contributed by atoms with Crippen molar-refractivity contribution >= 4 is 28.0 Å². The third-order valence-electron chi connectivity index (χ3n) is 4.12. The van der Waals surface area contributed by atoms with Crippen molar-refractivity contribution in [3.05, 3.63) is 23.8 Å². The van der Waals surface area contributed by atoms with Gasteiger partial charge in [-0.15, -0.1) is 0 Å². The molecule has 0 saturated carbocycles. The Bertz CT molecular complexity index is 846. The molecule has 0 spiro atoms. The fraction of sp³-hybridized carbons (Fsp3) is 0.474. The lowest BCUT2D eigenvalue weighted by Gasteiger charge is -2.19. The fourth-order valence-electron chi connectivity index (χ4n) is 2.58. The molecule has 0 aliphatic rings. The Kier molecular flexibility index (Phi) is 9.63. The van der Waals surface area contributed by atoms with E-state index in [1.54, 1.807) is 4.90 Å². The Morgan fingerprint density at radius 1 is 1.10 bits per heavy atom. The lowest BCUT2D eigenvalue weighted by Crippen LogP contribution is -2.34. The van der Waals surface area contributed by atoms with Gasteiger partial charge in [0.1, 0.15) is 4.90 Å². The van der Waals surface area contributed by atoms with E-state index in [4.69, 9.17) is 9.47 Å². The van der Waals surface area contributed by atoms with Crippen LogP contribution in [0.15, 0.2) is 23.1 Å². The summed E-state index contributed by atoms with van der Waals surface area (Å²) in [5, 5.41) is 0. The summed E-state index contributed by atoms with van der Waals surface area (Å²) in [6.07, 6.45) is 2.59. The third kappa shape index (κ3) is 6.75. The smallest absolute Gasteiger partial charge is 0.330 e. The summed E-state index contributed by atoms with van der Waals surface area (Å²) in [6, 6.07) is 2.87. The number of ether oxygens (including phenoxy) is 3. The van der Waals surface area contributed by atoms with Gasteiger partial charge in [-0.2, -0.15) is 0 Å². The van der Waals surface area contributed by atoms with E-state index in [0.717, 1.165) is 6.08 Å². The molecule has 10 heteroatoms. The highest BCUT2D eigenvalue weighted by Gasteiger charge is 2.24. The number of sulfonamides is 1. The van der Waals surface area contributed by atoms with Crippen molar-refractivity contribution in [3.8, 4) is 11.5 Å². The number of amides is 1. The molecule has 1 N–H and O–H groups in total. The highest BCUT2D eigenvalue weighted by molar-refractivity contribution is 7.89. The van der Waals surface area contributed by atoms with Crippen molar-refractivity contribution in [2.24, 2.45) is 0 Å². The van der Waals surface area contributed by atoms with Gasteiger partial charge in [-0.1, -0.05) is 0 Å². The highest BCUT2D eigenvalue weighted by atomic mass is 32.2. The number of benzene rings is 1. The normalized spacial score (nSPS) is 11.3. The first kappa shape index (κ1) is 24.4. The molecule has 0 aliphatic heterocycles. The third-order valence-corrected chi connectivity index (χ3v) is 5.58. The van der Waals surface area contributed by atoms with Gasteiger partial charge in [0.25, 0.3) is 0 Å². The van der Waals surface area contributed by atoms with Crippen LogP contribution in [-0.4, -0.2) is 66.2 Å². The summed E-state index contributed by atoms with van der Waals surface area (Å²) in [6.45, 7) is 4.76. The van der Waals surface area contributed by atoms with E-state index < -0.39 is 16.0 Å². The lowest BCUT2D eigenvalue weighted by molar-refractivity contribution is -0.134. The Morgan fingerprint density at radius 2 is 1.76 bits per heavy atom. The minimum atomic E-state index is -4.01. The van der Waals surface area contributed by atoms with E-state index in [-0.39, 0.29) is 35.3 Å². The molecule has 0 aromatic heterocycles. The average Bonchev–Trinajstić information content (AvgIpc) is 2.71. The predicted molar refractivity (Wildman–Crippen MR) is 108 cm³/mol. The average molecular weight is 429 g/mol. The van der Waals surface area contributed by atoms with Gasteiger partial charge in [-0.25, -0.2) is 17.9 Å². The summed E-state index contributed by atoms with van der Waals surface area (Å²) in [5.41, 5.74) is 0.396. The molecule has 1 aromatic carbocycles. The van der Waals surface area contributed by atoms with E-state index in [9.17, 15) is 18.0 Å². The Hall–Kier alpha value is -2.59. The monoisotopic (exact) mass is 428 g/mol. The van der Waals surface area contributed by atoms with Gasteiger partial charge in [-0.05, 0) is 37.6 Å². The maximum atomic E-state index is 12.8. The van der Waals surface area contributed by atoms with Gasteiger partial charge >= 0.3 is 5.97 Å². The molecular weight excluding hydrogens is 400 g/mol. The Balaban J connectivity index is 3.16. The van der Waals surface area contributed by atoms with Crippen LogP contribution in [0.5, 0.6) is 11.5 Å². The summed E-state index contributed by atoms with van der Waals surface area (Å²) in [5.74, 6) is -0.529. The number of carbonyl (C=O) groups is 2. The molecule has 0 saturated heterocycles. The zero-order valence-corrected chi connectivity index (χ0v) is 18.2. The van der Waals surface area contributed by atoms with Crippen LogP contribution >= 0.6 is 0 Å². The molecule has 162 valence electrons. The minimum absolute atomic E-state index is 0.0188. The number of nitrogens with one attached hydrogen (secondary N) is 1. The number of rotatable bonds is 11. The number of nitrogens with zero attached hydrogens (tertiary/aromatic N) is 1. The van der Waals surface area contributed by atoms with Crippen LogP contribution in [0, 0.1) is 0 Å². The molecule has 0 radical (unpaired) electrons. The van der Waals surface area contributed by atoms with Crippen LogP contribution < -0.4 is 14.2 Å². The van der Waals surface area contributed by atoms with Gasteiger partial charge in [0.05, 0.1) is 21.3 Å². The van der Waals surface area contributed by atoms with Gasteiger partial charge in [0.15, 0.2) is 11.5 Å². The van der Waals surface area contributed by atoms with Crippen LogP contribution in [-0.2, 0) is 24.3 Å². The molecule has 29 heavy (non-hydrogen) atoms. The number of esters is 1. The van der Waals surface area contributed by atoms with Crippen LogP contribution in [0.25, 0.3) is 6.08 Å². The van der Waals surface area contributed by atoms with Crippen molar-refractivity contribution in [2.75, 3.05) is 41.0 Å². The first-order chi connectivity index (χ1) is 13.7. The first-order valence-corrected chi connectivity index (χ1v) is 10.5. The molecular formula is C19H28N2O7S. The van der Waals surface area contributed by atoms with Crippen molar-refractivity contribution in [1.29, 1.82) is 0 Å². The fourth-order valence-corrected chi connectivity index (χ4v) is 3.83. The van der Waals surface area contributed by atoms with Crippen LogP contribution in [0.1, 0.15) is 25.8 Å². The van der Waals surface area contributed by atoms with Crippen LogP contribution in [0.2, 0.25) is 0 Å². The second kappa shape index (κ2) is 11.4. The zero-order valence-electron chi connectivity index (χ0n) is 17.4. The Labute approximate surface area is 171 Å². The zero-order chi connectivity index (χ0) is 22.0. The van der Waals surface area contributed by atoms with Crippen LogP contribution in [0.4, 0.5) is 0 Å². The second-order valence-corrected chi connectivity index (χ2v) is 7.56. The summed E-state index contributed by atoms with van der Waals surface area (Å²) in [7, 11) is -0.0788. The quantitative estimate of drug-likeness (QED) is 0.419. The number of carbonyl (C=O) groups excluding carboxylic acids is 2. The van der Waals surface area contributed by atoms with E-state index in [1.165, 1.54) is 39.5 Å². The molecule has 0 bridgehead atoms. The van der Waals surface area contributed by atoms with Crippen molar-refractivity contribution < 1.29 is 32.2 Å². The maximum Gasteiger partial charge on any atom is 0.330 e. The van der Waals surface area contributed by atoms with Crippen LogP contribution in [0.3, 0.4) is 0 Å². The highest BCUT2D eigenvalue weighted by Crippen LogP contribution is 2.36. The van der Waals surface area contributed by atoms with E-state index >= 15 is 0 Å².